The molecular formula is C9H9BrN4S. The molecule has 2 aromatic rings. The second kappa shape index (κ2) is 4.34. The first-order chi connectivity index (χ1) is 7.16. The fourth-order valence-corrected chi connectivity index (χ4v) is 2.21. The number of nitrogens with two attached hydrogens (primary N) is 1. The van der Waals surface area contributed by atoms with Gasteiger partial charge in [-0.3, -0.25) is 4.98 Å². The molecule has 0 spiro atoms. The molecule has 2 rings (SSSR count). The summed E-state index contributed by atoms with van der Waals surface area (Å²) < 4.78 is 0.928. The van der Waals surface area contributed by atoms with Gasteiger partial charge in [0.15, 0.2) is 0 Å². The van der Waals surface area contributed by atoms with E-state index in [2.05, 4.69) is 31.1 Å². The Bertz CT molecular complexity index is 469. The maximum atomic E-state index is 5.72. The molecule has 0 aliphatic heterocycles. The van der Waals surface area contributed by atoms with E-state index < -0.39 is 0 Å². The van der Waals surface area contributed by atoms with Crippen molar-refractivity contribution in [3.05, 3.63) is 27.9 Å². The van der Waals surface area contributed by atoms with Crippen molar-refractivity contribution >= 4 is 27.3 Å². The number of nitrogens with zero attached hydrogens (tertiary/aromatic N) is 3. The quantitative estimate of drug-likeness (QED) is 0.920. The Labute approximate surface area is 99.7 Å². The maximum absolute atomic E-state index is 5.72. The highest BCUT2D eigenvalue weighted by Gasteiger charge is 2.09. The zero-order chi connectivity index (χ0) is 10.8. The lowest BCUT2D eigenvalue weighted by molar-refractivity contribution is 0.786. The standard InChI is InChI=1S/C9H9BrN4S/c1-5(11)8-13-14-9(15-8)6-2-7(10)4-12-3-6/h2-5H,11H2,1H3. The zero-order valence-corrected chi connectivity index (χ0v) is 10.4. The van der Waals surface area contributed by atoms with Crippen LogP contribution in [0.15, 0.2) is 22.9 Å². The van der Waals surface area contributed by atoms with Crippen LogP contribution < -0.4 is 5.73 Å². The van der Waals surface area contributed by atoms with Crippen LogP contribution in [0.2, 0.25) is 0 Å². The van der Waals surface area contributed by atoms with Crippen LogP contribution in [0.1, 0.15) is 18.0 Å². The molecule has 4 nitrogen and oxygen atoms in total. The molecule has 78 valence electrons. The molecule has 0 aromatic carbocycles. The van der Waals surface area contributed by atoms with Gasteiger partial charge >= 0.3 is 0 Å². The summed E-state index contributed by atoms with van der Waals surface area (Å²) in [5.74, 6) is 0. The van der Waals surface area contributed by atoms with Crippen molar-refractivity contribution in [1.82, 2.24) is 15.2 Å². The van der Waals surface area contributed by atoms with E-state index in [-0.39, 0.29) is 6.04 Å². The summed E-state index contributed by atoms with van der Waals surface area (Å²) in [5.41, 5.74) is 6.67. The first-order valence-electron chi connectivity index (χ1n) is 4.36. The van der Waals surface area contributed by atoms with Crippen LogP contribution in [0.3, 0.4) is 0 Å². The lowest BCUT2D eigenvalue weighted by Gasteiger charge is -1.96. The van der Waals surface area contributed by atoms with Crippen molar-refractivity contribution in [1.29, 1.82) is 0 Å². The minimum absolute atomic E-state index is 0.0728. The van der Waals surface area contributed by atoms with Crippen LogP contribution in [0, 0.1) is 0 Å². The number of hydrogen-bond acceptors (Lipinski definition) is 5. The number of halogens is 1. The third-order valence-electron chi connectivity index (χ3n) is 1.78. The highest BCUT2D eigenvalue weighted by molar-refractivity contribution is 9.10. The topological polar surface area (TPSA) is 64.7 Å². The van der Waals surface area contributed by atoms with Gasteiger partial charge in [0.2, 0.25) is 0 Å². The van der Waals surface area contributed by atoms with Crippen molar-refractivity contribution < 1.29 is 0 Å². The minimum atomic E-state index is -0.0728. The van der Waals surface area contributed by atoms with E-state index in [4.69, 9.17) is 5.73 Å². The molecule has 6 heteroatoms. The van der Waals surface area contributed by atoms with Crippen LogP contribution >= 0.6 is 27.3 Å². The molecule has 1 unspecified atom stereocenters. The van der Waals surface area contributed by atoms with Gasteiger partial charge in [-0.15, -0.1) is 10.2 Å². The van der Waals surface area contributed by atoms with Crippen molar-refractivity contribution in [3.8, 4) is 10.6 Å². The maximum Gasteiger partial charge on any atom is 0.149 e. The van der Waals surface area contributed by atoms with Crippen LogP contribution in [0.25, 0.3) is 10.6 Å². The monoisotopic (exact) mass is 284 g/mol. The largest absolute Gasteiger partial charge is 0.322 e. The van der Waals surface area contributed by atoms with E-state index in [9.17, 15) is 0 Å². The average Bonchev–Trinajstić information content (AvgIpc) is 2.66. The molecule has 0 aliphatic carbocycles. The van der Waals surface area contributed by atoms with Gasteiger partial charge in [0.05, 0.1) is 6.04 Å². The molecule has 0 bridgehead atoms. The minimum Gasteiger partial charge on any atom is -0.322 e. The summed E-state index contributed by atoms with van der Waals surface area (Å²) >= 11 is 4.86. The van der Waals surface area contributed by atoms with Crippen LogP contribution in [0.4, 0.5) is 0 Å². The lowest BCUT2D eigenvalue weighted by Crippen LogP contribution is -2.03. The summed E-state index contributed by atoms with van der Waals surface area (Å²) in [5, 5.41) is 9.78. The molecule has 0 amide bonds. The van der Waals surface area contributed by atoms with Gasteiger partial charge in [0.1, 0.15) is 10.0 Å². The molecule has 0 saturated carbocycles. The molecule has 15 heavy (non-hydrogen) atoms. The number of aromatic nitrogens is 3. The van der Waals surface area contributed by atoms with Gasteiger partial charge < -0.3 is 5.73 Å². The van der Waals surface area contributed by atoms with Crippen molar-refractivity contribution in [3.63, 3.8) is 0 Å². The highest BCUT2D eigenvalue weighted by Crippen LogP contribution is 2.26. The Morgan fingerprint density at radius 2 is 2.20 bits per heavy atom. The second-order valence-electron chi connectivity index (χ2n) is 3.13. The Balaban J connectivity index is 2.37. The number of rotatable bonds is 2. The Morgan fingerprint density at radius 3 is 2.80 bits per heavy atom. The predicted octanol–water partition coefficient (Wildman–Crippen LogP) is 2.38. The second-order valence-corrected chi connectivity index (χ2v) is 5.05. The summed E-state index contributed by atoms with van der Waals surface area (Å²) in [7, 11) is 0. The Hall–Kier alpha value is -0.850. The molecule has 0 fully saturated rings. The fraction of sp³-hybridized carbons (Fsp3) is 0.222. The molecule has 0 saturated heterocycles. The van der Waals surface area contributed by atoms with Gasteiger partial charge in [-0.05, 0) is 28.9 Å². The van der Waals surface area contributed by atoms with E-state index in [0.29, 0.717) is 0 Å². The lowest BCUT2D eigenvalue weighted by atomic mass is 10.3. The molecule has 2 aromatic heterocycles. The Morgan fingerprint density at radius 1 is 1.40 bits per heavy atom. The van der Waals surface area contributed by atoms with Crippen LogP contribution in [-0.2, 0) is 0 Å². The summed E-state index contributed by atoms with van der Waals surface area (Å²) in [6, 6.07) is 1.88. The first-order valence-corrected chi connectivity index (χ1v) is 5.97. The highest BCUT2D eigenvalue weighted by atomic mass is 79.9. The Kier molecular flexibility index (Phi) is 3.08. The molecule has 2 heterocycles. The van der Waals surface area contributed by atoms with E-state index >= 15 is 0 Å². The number of pyridine rings is 1. The predicted molar refractivity (Wildman–Crippen MR) is 63.4 cm³/mol. The molecule has 1 atom stereocenters. The zero-order valence-electron chi connectivity index (χ0n) is 8.01. The van der Waals surface area contributed by atoms with Gasteiger partial charge in [-0.1, -0.05) is 11.3 Å². The smallest absolute Gasteiger partial charge is 0.149 e. The first kappa shape index (κ1) is 10.7. The molecular weight excluding hydrogens is 276 g/mol. The number of hydrogen-bond donors (Lipinski definition) is 1. The van der Waals surface area contributed by atoms with Gasteiger partial charge in [-0.25, -0.2) is 0 Å². The van der Waals surface area contributed by atoms with Gasteiger partial charge in [0, 0.05) is 22.4 Å². The third kappa shape index (κ3) is 2.39. The normalized spacial score (nSPS) is 12.7. The molecule has 2 N–H and O–H groups in total. The van der Waals surface area contributed by atoms with Gasteiger partial charge in [0.25, 0.3) is 0 Å². The summed E-state index contributed by atoms with van der Waals surface area (Å²) in [6.45, 7) is 1.89. The summed E-state index contributed by atoms with van der Waals surface area (Å²) in [4.78, 5) is 4.08. The average molecular weight is 285 g/mol. The van der Waals surface area contributed by atoms with Crippen molar-refractivity contribution in [2.75, 3.05) is 0 Å². The van der Waals surface area contributed by atoms with Crippen molar-refractivity contribution in [2.45, 2.75) is 13.0 Å². The van der Waals surface area contributed by atoms with Gasteiger partial charge in [-0.2, -0.15) is 0 Å². The fourth-order valence-electron chi connectivity index (χ4n) is 1.06. The van der Waals surface area contributed by atoms with E-state index in [1.165, 1.54) is 11.3 Å². The summed E-state index contributed by atoms with van der Waals surface area (Å²) in [6.07, 6.45) is 3.49. The van der Waals surface area contributed by atoms with E-state index in [1.54, 1.807) is 12.4 Å². The molecule has 0 aliphatic rings. The SMILES string of the molecule is CC(N)c1nnc(-c2cncc(Br)c2)s1. The molecule has 0 radical (unpaired) electrons. The van der Waals surface area contributed by atoms with E-state index in [1.807, 2.05) is 13.0 Å². The van der Waals surface area contributed by atoms with Crippen molar-refractivity contribution in [2.24, 2.45) is 5.73 Å². The van der Waals surface area contributed by atoms with Crippen LogP contribution in [-0.4, -0.2) is 15.2 Å². The van der Waals surface area contributed by atoms with Crippen LogP contribution in [0.5, 0.6) is 0 Å². The van der Waals surface area contributed by atoms with E-state index in [0.717, 1.165) is 20.1 Å². The third-order valence-corrected chi connectivity index (χ3v) is 3.39.